The van der Waals surface area contributed by atoms with Gasteiger partial charge in [-0.25, -0.2) is 0 Å². The quantitative estimate of drug-likeness (QED) is 0.704. The zero-order valence-corrected chi connectivity index (χ0v) is 11.6. The van der Waals surface area contributed by atoms with Crippen LogP contribution in [0.5, 0.6) is 0 Å². The van der Waals surface area contributed by atoms with Crippen LogP contribution in [0.2, 0.25) is 0 Å². The van der Waals surface area contributed by atoms with Crippen LogP contribution in [-0.2, 0) is 0 Å². The number of aromatic nitrogens is 1. The number of benzene rings is 2. The average Bonchev–Trinajstić information content (AvgIpc) is 2.90. The third-order valence-electron chi connectivity index (χ3n) is 3.70. The minimum absolute atomic E-state index is 0.539. The molecule has 3 rings (SSSR count). The van der Waals surface area contributed by atoms with Gasteiger partial charge in [-0.2, -0.15) is 5.26 Å². The van der Waals surface area contributed by atoms with E-state index in [2.05, 4.69) is 49.2 Å². The van der Waals surface area contributed by atoms with Crippen molar-refractivity contribution in [2.45, 2.75) is 19.8 Å². The number of nitriles is 1. The number of nitrogens with zero attached hydrogens (tertiary/aromatic N) is 1. The molecule has 0 bridgehead atoms. The van der Waals surface area contributed by atoms with Crippen LogP contribution in [-0.4, -0.2) is 4.98 Å². The number of fused-ring (bicyclic) bond motifs is 1. The molecular weight excluding hydrogens is 244 g/mol. The van der Waals surface area contributed by atoms with E-state index >= 15 is 0 Å². The van der Waals surface area contributed by atoms with E-state index in [1.807, 2.05) is 24.4 Å². The molecule has 0 aliphatic carbocycles. The molecule has 0 fully saturated rings. The Morgan fingerprint density at radius 2 is 1.80 bits per heavy atom. The first-order valence-electron chi connectivity index (χ1n) is 6.80. The van der Waals surface area contributed by atoms with Gasteiger partial charge in [0.15, 0.2) is 0 Å². The highest BCUT2D eigenvalue weighted by atomic mass is 14.7. The SMILES string of the molecule is CC(C)c1ccc(-c2c[nH]c3ccc(C#N)cc23)cc1. The summed E-state index contributed by atoms with van der Waals surface area (Å²) in [5, 5.41) is 10.1. The van der Waals surface area contributed by atoms with E-state index in [1.165, 1.54) is 11.1 Å². The number of hydrogen-bond acceptors (Lipinski definition) is 1. The monoisotopic (exact) mass is 260 g/mol. The molecule has 20 heavy (non-hydrogen) atoms. The van der Waals surface area contributed by atoms with E-state index in [9.17, 15) is 0 Å². The summed E-state index contributed by atoms with van der Waals surface area (Å²) in [5.41, 5.74) is 5.42. The molecule has 0 aliphatic heterocycles. The Balaban J connectivity index is 2.12. The summed E-state index contributed by atoms with van der Waals surface area (Å²) in [5.74, 6) is 0.539. The molecule has 0 amide bonds. The first-order chi connectivity index (χ1) is 9.69. The molecule has 0 spiro atoms. The van der Waals surface area contributed by atoms with Gasteiger partial charge in [0, 0.05) is 22.7 Å². The van der Waals surface area contributed by atoms with Gasteiger partial charge in [-0.3, -0.25) is 0 Å². The average molecular weight is 260 g/mol. The van der Waals surface area contributed by atoms with Gasteiger partial charge >= 0.3 is 0 Å². The molecule has 3 aromatic rings. The van der Waals surface area contributed by atoms with Gasteiger partial charge in [0.05, 0.1) is 11.6 Å². The summed E-state index contributed by atoms with van der Waals surface area (Å²) in [6.45, 7) is 4.39. The highest BCUT2D eigenvalue weighted by Gasteiger charge is 2.07. The maximum Gasteiger partial charge on any atom is 0.0991 e. The van der Waals surface area contributed by atoms with Gasteiger partial charge < -0.3 is 4.98 Å². The van der Waals surface area contributed by atoms with Gasteiger partial charge in [0.2, 0.25) is 0 Å². The molecule has 0 radical (unpaired) electrons. The van der Waals surface area contributed by atoms with Crippen LogP contribution in [0.25, 0.3) is 22.0 Å². The highest BCUT2D eigenvalue weighted by Crippen LogP contribution is 2.30. The number of hydrogen-bond donors (Lipinski definition) is 1. The fourth-order valence-corrected chi connectivity index (χ4v) is 2.48. The largest absolute Gasteiger partial charge is 0.361 e. The molecular formula is C18H16N2. The third-order valence-corrected chi connectivity index (χ3v) is 3.70. The Kier molecular flexibility index (Phi) is 3.04. The Bertz CT molecular complexity index is 786. The minimum atomic E-state index is 0.539. The van der Waals surface area contributed by atoms with Gasteiger partial charge in [0.1, 0.15) is 0 Å². The van der Waals surface area contributed by atoms with E-state index in [4.69, 9.17) is 5.26 Å². The molecule has 1 N–H and O–H groups in total. The topological polar surface area (TPSA) is 39.6 Å². The Morgan fingerprint density at radius 3 is 2.45 bits per heavy atom. The number of H-pyrrole nitrogens is 1. The van der Waals surface area contributed by atoms with E-state index in [-0.39, 0.29) is 0 Å². The van der Waals surface area contributed by atoms with Crippen LogP contribution in [0.15, 0.2) is 48.7 Å². The summed E-state index contributed by atoms with van der Waals surface area (Å²) < 4.78 is 0. The predicted octanol–water partition coefficient (Wildman–Crippen LogP) is 4.83. The lowest BCUT2D eigenvalue weighted by Crippen LogP contribution is -1.86. The minimum Gasteiger partial charge on any atom is -0.361 e. The van der Waals surface area contributed by atoms with Crippen LogP contribution in [0.4, 0.5) is 0 Å². The molecule has 2 aromatic carbocycles. The van der Waals surface area contributed by atoms with Crippen LogP contribution < -0.4 is 0 Å². The van der Waals surface area contributed by atoms with Crippen molar-refractivity contribution < 1.29 is 0 Å². The predicted molar refractivity (Wildman–Crippen MR) is 82.5 cm³/mol. The zero-order chi connectivity index (χ0) is 14.1. The maximum atomic E-state index is 9.03. The molecule has 0 saturated heterocycles. The lowest BCUT2D eigenvalue weighted by molar-refractivity contribution is 0.867. The maximum absolute atomic E-state index is 9.03. The van der Waals surface area contributed by atoms with Crippen LogP contribution in [0, 0.1) is 11.3 Å². The number of aromatic amines is 1. The molecule has 98 valence electrons. The second kappa shape index (κ2) is 4.86. The summed E-state index contributed by atoms with van der Waals surface area (Å²) >= 11 is 0. The lowest BCUT2D eigenvalue weighted by Gasteiger charge is -2.06. The normalized spacial score (nSPS) is 10.9. The number of nitrogens with one attached hydrogen (secondary N) is 1. The Labute approximate surface area is 118 Å². The molecule has 1 aromatic heterocycles. The van der Waals surface area contributed by atoms with E-state index in [0.717, 1.165) is 16.5 Å². The first-order valence-corrected chi connectivity index (χ1v) is 6.80. The first kappa shape index (κ1) is 12.5. The van der Waals surface area contributed by atoms with Crippen molar-refractivity contribution in [2.75, 3.05) is 0 Å². The van der Waals surface area contributed by atoms with Crippen molar-refractivity contribution in [3.63, 3.8) is 0 Å². The fourth-order valence-electron chi connectivity index (χ4n) is 2.48. The molecule has 1 heterocycles. The van der Waals surface area contributed by atoms with Gasteiger partial charge in [-0.15, -0.1) is 0 Å². The zero-order valence-electron chi connectivity index (χ0n) is 11.6. The van der Waals surface area contributed by atoms with Crippen molar-refractivity contribution in [3.8, 4) is 17.2 Å². The smallest absolute Gasteiger partial charge is 0.0991 e. The molecule has 0 unspecified atom stereocenters. The van der Waals surface area contributed by atoms with Crippen molar-refractivity contribution >= 4 is 10.9 Å². The Hall–Kier alpha value is -2.53. The molecule has 0 aliphatic rings. The summed E-state index contributed by atoms with van der Waals surface area (Å²) in [6, 6.07) is 16.6. The summed E-state index contributed by atoms with van der Waals surface area (Å²) in [4.78, 5) is 3.27. The van der Waals surface area contributed by atoms with Crippen molar-refractivity contribution in [1.29, 1.82) is 5.26 Å². The molecule has 2 heteroatoms. The van der Waals surface area contributed by atoms with Crippen LogP contribution in [0.1, 0.15) is 30.9 Å². The summed E-state index contributed by atoms with van der Waals surface area (Å²) in [7, 11) is 0. The van der Waals surface area contributed by atoms with Crippen molar-refractivity contribution in [1.82, 2.24) is 4.98 Å². The van der Waals surface area contributed by atoms with Crippen LogP contribution in [0.3, 0.4) is 0 Å². The van der Waals surface area contributed by atoms with E-state index in [1.54, 1.807) is 0 Å². The highest BCUT2D eigenvalue weighted by molar-refractivity contribution is 5.96. The lowest BCUT2D eigenvalue weighted by atomic mass is 9.98. The second-order valence-electron chi connectivity index (χ2n) is 5.35. The molecule has 2 nitrogen and oxygen atoms in total. The molecule has 0 atom stereocenters. The van der Waals surface area contributed by atoms with E-state index in [0.29, 0.717) is 11.5 Å². The third kappa shape index (κ3) is 2.08. The Morgan fingerprint density at radius 1 is 1.05 bits per heavy atom. The fraction of sp³-hybridized carbons (Fsp3) is 0.167. The van der Waals surface area contributed by atoms with Crippen molar-refractivity contribution in [3.05, 3.63) is 59.8 Å². The van der Waals surface area contributed by atoms with E-state index < -0.39 is 0 Å². The second-order valence-corrected chi connectivity index (χ2v) is 5.35. The van der Waals surface area contributed by atoms with Crippen LogP contribution >= 0.6 is 0 Å². The molecule has 0 saturated carbocycles. The standard InChI is InChI=1S/C18H16N2/c1-12(2)14-4-6-15(7-5-14)17-11-20-18-8-3-13(10-19)9-16(17)18/h3-9,11-12,20H,1-2H3. The van der Waals surface area contributed by atoms with Crippen molar-refractivity contribution in [2.24, 2.45) is 0 Å². The number of rotatable bonds is 2. The summed E-state index contributed by atoms with van der Waals surface area (Å²) in [6.07, 6.45) is 2.01. The van der Waals surface area contributed by atoms with Gasteiger partial charge in [-0.1, -0.05) is 38.1 Å². The van der Waals surface area contributed by atoms with Gasteiger partial charge in [0.25, 0.3) is 0 Å². The van der Waals surface area contributed by atoms with Gasteiger partial charge in [-0.05, 0) is 35.2 Å².